The van der Waals surface area contributed by atoms with Crippen LogP contribution in [0.3, 0.4) is 0 Å². The third-order valence-corrected chi connectivity index (χ3v) is 2.67. The van der Waals surface area contributed by atoms with Crippen LogP contribution in [0.25, 0.3) is 0 Å². The van der Waals surface area contributed by atoms with Gasteiger partial charge in [0.15, 0.2) is 0 Å². The normalized spacial score (nSPS) is 10.7. The van der Waals surface area contributed by atoms with Crippen molar-refractivity contribution in [3.8, 4) is 0 Å². The summed E-state index contributed by atoms with van der Waals surface area (Å²) >= 11 is 0. The lowest BCUT2D eigenvalue weighted by atomic mass is 9.91. The molecular weight excluding hydrogens is 188 g/mol. The van der Waals surface area contributed by atoms with Crippen LogP contribution in [0.5, 0.6) is 0 Å². The summed E-state index contributed by atoms with van der Waals surface area (Å²) in [5.74, 6) is 0.908. The largest absolute Gasteiger partial charge is 0.300 e. The number of hydrogen-bond donors (Lipinski definition) is 0. The predicted molar refractivity (Wildman–Crippen MR) is 62.8 cm³/mol. The summed E-state index contributed by atoms with van der Waals surface area (Å²) in [6.07, 6.45) is 5.29. The first-order valence-corrected chi connectivity index (χ1v) is 6.17. The number of ketones is 2. The van der Waals surface area contributed by atoms with Crippen molar-refractivity contribution >= 4 is 11.6 Å². The van der Waals surface area contributed by atoms with Crippen molar-refractivity contribution < 1.29 is 9.59 Å². The average Bonchev–Trinajstić information content (AvgIpc) is 2.17. The van der Waals surface area contributed by atoms with Crippen LogP contribution in [0.2, 0.25) is 0 Å². The Labute approximate surface area is 93.4 Å². The number of hydrogen-bond acceptors (Lipinski definition) is 2. The zero-order chi connectivity index (χ0) is 11.7. The highest BCUT2D eigenvalue weighted by Gasteiger charge is 2.14. The zero-order valence-electron chi connectivity index (χ0n) is 10.3. The zero-order valence-corrected chi connectivity index (χ0v) is 10.3. The molecule has 0 saturated heterocycles. The fraction of sp³-hybridized carbons (Fsp3) is 0.846. The Kier molecular flexibility index (Phi) is 8.25. The molecule has 0 aromatic heterocycles. The fourth-order valence-corrected chi connectivity index (χ4v) is 1.77. The Balaban J connectivity index is 3.91. The first kappa shape index (κ1) is 14.3. The van der Waals surface area contributed by atoms with Crippen molar-refractivity contribution in [1.29, 1.82) is 0 Å². The van der Waals surface area contributed by atoms with Gasteiger partial charge in [-0.1, -0.05) is 27.2 Å². The summed E-state index contributed by atoms with van der Waals surface area (Å²) in [6, 6.07) is 0. The lowest BCUT2D eigenvalue weighted by Crippen LogP contribution is -2.12. The molecule has 0 fully saturated rings. The molecule has 2 heteroatoms. The minimum absolute atomic E-state index is 0.281. The maximum Gasteiger partial charge on any atom is 0.133 e. The lowest BCUT2D eigenvalue weighted by Gasteiger charge is -2.12. The molecule has 0 aliphatic rings. The van der Waals surface area contributed by atoms with Crippen molar-refractivity contribution in [3.63, 3.8) is 0 Å². The molecule has 0 aromatic rings. The van der Waals surface area contributed by atoms with Crippen LogP contribution >= 0.6 is 0 Å². The molecule has 0 amide bonds. The van der Waals surface area contributed by atoms with Crippen molar-refractivity contribution in [2.24, 2.45) is 5.92 Å². The Hall–Kier alpha value is -0.660. The van der Waals surface area contributed by atoms with E-state index in [1.807, 2.05) is 13.8 Å². The van der Waals surface area contributed by atoms with Crippen molar-refractivity contribution in [2.45, 2.75) is 65.7 Å². The van der Waals surface area contributed by atoms with E-state index < -0.39 is 0 Å². The highest BCUT2D eigenvalue weighted by Crippen LogP contribution is 2.16. The first-order valence-electron chi connectivity index (χ1n) is 6.17. The van der Waals surface area contributed by atoms with Crippen LogP contribution in [0.15, 0.2) is 0 Å². The molecule has 0 aliphatic heterocycles. The second kappa shape index (κ2) is 8.63. The average molecular weight is 212 g/mol. The molecule has 0 atom stereocenters. The van der Waals surface area contributed by atoms with Crippen LogP contribution in [-0.2, 0) is 9.59 Å². The van der Waals surface area contributed by atoms with Gasteiger partial charge in [0.1, 0.15) is 11.6 Å². The second-order valence-electron chi connectivity index (χ2n) is 4.26. The van der Waals surface area contributed by atoms with Gasteiger partial charge in [0.25, 0.3) is 0 Å². The molecule has 0 saturated carbocycles. The molecule has 15 heavy (non-hydrogen) atoms. The van der Waals surface area contributed by atoms with Gasteiger partial charge < -0.3 is 0 Å². The van der Waals surface area contributed by atoms with Gasteiger partial charge in [0, 0.05) is 25.7 Å². The highest BCUT2D eigenvalue weighted by molar-refractivity contribution is 5.81. The van der Waals surface area contributed by atoms with E-state index in [0.29, 0.717) is 37.2 Å². The summed E-state index contributed by atoms with van der Waals surface area (Å²) in [6.45, 7) is 6.09. The number of Topliss-reactive ketones (excluding diaryl/α,β-unsaturated/α-hetero) is 2. The predicted octanol–water partition coefficient (Wildman–Crippen LogP) is 3.53. The summed E-state index contributed by atoms with van der Waals surface area (Å²) in [4.78, 5) is 22.9. The van der Waals surface area contributed by atoms with Gasteiger partial charge >= 0.3 is 0 Å². The summed E-state index contributed by atoms with van der Waals surface area (Å²) in [5, 5.41) is 0. The van der Waals surface area contributed by atoms with Crippen LogP contribution in [0.4, 0.5) is 0 Å². The molecule has 0 aromatic carbocycles. The maximum atomic E-state index is 11.4. The molecule has 2 nitrogen and oxygen atoms in total. The van der Waals surface area contributed by atoms with E-state index in [2.05, 4.69) is 6.92 Å². The smallest absolute Gasteiger partial charge is 0.133 e. The van der Waals surface area contributed by atoms with Crippen molar-refractivity contribution in [2.75, 3.05) is 0 Å². The monoisotopic (exact) mass is 212 g/mol. The van der Waals surface area contributed by atoms with Gasteiger partial charge in [-0.2, -0.15) is 0 Å². The third kappa shape index (κ3) is 7.29. The van der Waals surface area contributed by atoms with Gasteiger partial charge in [0.05, 0.1) is 0 Å². The number of rotatable bonds is 9. The molecule has 0 rings (SSSR count). The maximum absolute atomic E-state index is 11.4. The number of carbonyl (C=O) groups is 2. The van der Waals surface area contributed by atoms with Gasteiger partial charge in [-0.3, -0.25) is 9.59 Å². The van der Waals surface area contributed by atoms with E-state index in [0.717, 1.165) is 19.3 Å². The van der Waals surface area contributed by atoms with Crippen molar-refractivity contribution in [3.05, 3.63) is 0 Å². The van der Waals surface area contributed by atoms with Crippen molar-refractivity contribution in [1.82, 2.24) is 0 Å². The van der Waals surface area contributed by atoms with Gasteiger partial charge in [-0.15, -0.1) is 0 Å². The van der Waals surface area contributed by atoms with Gasteiger partial charge in [-0.05, 0) is 18.8 Å². The molecule has 0 aliphatic carbocycles. The van der Waals surface area contributed by atoms with Crippen LogP contribution in [-0.4, -0.2) is 11.6 Å². The summed E-state index contributed by atoms with van der Waals surface area (Å²) < 4.78 is 0. The quantitative estimate of drug-likeness (QED) is 0.586. The van der Waals surface area contributed by atoms with Crippen LogP contribution in [0, 0.1) is 5.92 Å². The van der Waals surface area contributed by atoms with E-state index >= 15 is 0 Å². The van der Waals surface area contributed by atoms with E-state index in [1.165, 1.54) is 0 Å². The lowest BCUT2D eigenvalue weighted by molar-refractivity contribution is -0.122. The molecule has 88 valence electrons. The van der Waals surface area contributed by atoms with E-state index in [1.54, 1.807) is 0 Å². The topological polar surface area (TPSA) is 34.1 Å². The second-order valence-corrected chi connectivity index (χ2v) is 4.26. The van der Waals surface area contributed by atoms with Crippen LogP contribution < -0.4 is 0 Å². The van der Waals surface area contributed by atoms with Crippen LogP contribution in [0.1, 0.15) is 65.7 Å². The molecule has 0 N–H and O–H groups in total. The highest BCUT2D eigenvalue weighted by atomic mass is 16.1. The minimum Gasteiger partial charge on any atom is -0.300 e. The standard InChI is InChI=1S/C13H24O2/c1-4-7-12(14)9-11(6-3)10-13(15)8-5-2/h11H,4-10H2,1-3H3. The molecule has 0 heterocycles. The van der Waals surface area contributed by atoms with Gasteiger partial charge in [0.2, 0.25) is 0 Å². The SMILES string of the molecule is CCCC(=O)CC(CC)CC(=O)CCC. The summed E-state index contributed by atoms with van der Waals surface area (Å²) in [7, 11) is 0. The molecule has 0 spiro atoms. The Morgan fingerprint density at radius 2 is 1.27 bits per heavy atom. The summed E-state index contributed by atoms with van der Waals surface area (Å²) in [5.41, 5.74) is 0. The van der Waals surface area contributed by atoms with Gasteiger partial charge in [-0.25, -0.2) is 0 Å². The molecule has 0 unspecified atom stereocenters. The molecule has 0 bridgehead atoms. The fourth-order valence-electron chi connectivity index (χ4n) is 1.77. The molecule has 0 radical (unpaired) electrons. The molecular formula is C13H24O2. The Bertz CT molecular complexity index is 177. The minimum atomic E-state index is 0.281. The van der Waals surface area contributed by atoms with E-state index in [-0.39, 0.29) is 5.92 Å². The Morgan fingerprint density at radius 1 is 0.867 bits per heavy atom. The van der Waals surface area contributed by atoms with E-state index in [9.17, 15) is 9.59 Å². The number of carbonyl (C=O) groups excluding carboxylic acids is 2. The van der Waals surface area contributed by atoms with E-state index in [4.69, 9.17) is 0 Å². The third-order valence-electron chi connectivity index (χ3n) is 2.67. The Morgan fingerprint density at radius 3 is 1.53 bits per heavy atom. The first-order chi connectivity index (χ1) is 7.13.